The van der Waals surface area contributed by atoms with Gasteiger partial charge in [0.05, 0.1) is 4.88 Å². The maximum atomic E-state index is 3.22. The lowest BCUT2D eigenvalue weighted by Crippen LogP contribution is -1.89. The van der Waals surface area contributed by atoms with Crippen molar-refractivity contribution in [2.24, 2.45) is 5.92 Å². The van der Waals surface area contributed by atoms with Crippen LogP contribution in [0.3, 0.4) is 0 Å². The lowest BCUT2D eigenvalue weighted by atomic mass is 10.1. The Bertz CT molecular complexity index is 523. The minimum Gasteiger partial charge on any atom is -0.132 e. The first-order valence-corrected chi connectivity index (χ1v) is 6.71. The van der Waals surface area contributed by atoms with Crippen molar-refractivity contribution >= 4 is 11.3 Å². The number of thiophene rings is 1. The van der Waals surface area contributed by atoms with E-state index in [2.05, 4.69) is 37.8 Å². The van der Waals surface area contributed by atoms with Gasteiger partial charge in [-0.1, -0.05) is 43.9 Å². The van der Waals surface area contributed by atoms with Crippen LogP contribution >= 0.6 is 11.3 Å². The van der Waals surface area contributed by atoms with Crippen LogP contribution in [0.25, 0.3) is 0 Å². The van der Waals surface area contributed by atoms with Crippen molar-refractivity contribution in [3.05, 3.63) is 57.8 Å². The predicted molar refractivity (Wildman–Crippen MR) is 75.3 cm³/mol. The van der Waals surface area contributed by atoms with Gasteiger partial charge in [-0.05, 0) is 36.6 Å². The van der Waals surface area contributed by atoms with Crippen LogP contribution in [0.5, 0.6) is 0 Å². The van der Waals surface area contributed by atoms with Gasteiger partial charge in [0.2, 0.25) is 0 Å². The van der Waals surface area contributed by atoms with Crippen molar-refractivity contribution < 1.29 is 0 Å². The Balaban J connectivity index is 2.10. The topological polar surface area (TPSA) is 0 Å². The molecule has 1 heteroatoms. The van der Waals surface area contributed by atoms with E-state index in [1.165, 1.54) is 4.88 Å². The van der Waals surface area contributed by atoms with Crippen molar-refractivity contribution in [2.45, 2.75) is 20.3 Å². The molecule has 0 unspecified atom stereocenters. The molecule has 0 aliphatic rings. The van der Waals surface area contributed by atoms with Gasteiger partial charge < -0.3 is 0 Å². The number of benzene rings is 1. The summed E-state index contributed by atoms with van der Waals surface area (Å²) in [6, 6.07) is 14.4. The van der Waals surface area contributed by atoms with Gasteiger partial charge in [-0.25, -0.2) is 0 Å². The summed E-state index contributed by atoms with van der Waals surface area (Å²) >= 11 is 1.81. The van der Waals surface area contributed by atoms with E-state index in [4.69, 9.17) is 0 Å². The molecule has 2 rings (SSSR count). The lowest BCUT2D eigenvalue weighted by molar-refractivity contribution is 0.654. The van der Waals surface area contributed by atoms with Crippen molar-refractivity contribution in [1.82, 2.24) is 0 Å². The summed E-state index contributed by atoms with van der Waals surface area (Å²) < 4.78 is 0. The van der Waals surface area contributed by atoms with Crippen molar-refractivity contribution in [1.29, 1.82) is 0 Å². The van der Waals surface area contributed by atoms with E-state index in [-0.39, 0.29) is 0 Å². The van der Waals surface area contributed by atoms with E-state index < -0.39 is 0 Å². The molecule has 0 aliphatic heterocycles. The van der Waals surface area contributed by atoms with Gasteiger partial charge in [0, 0.05) is 10.4 Å². The third-order valence-electron chi connectivity index (χ3n) is 2.37. The Morgan fingerprint density at radius 3 is 2.47 bits per heavy atom. The largest absolute Gasteiger partial charge is 0.132 e. The Hall–Kier alpha value is -1.52. The fraction of sp³-hybridized carbons (Fsp3) is 0.250. The number of hydrogen-bond donors (Lipinski definition) is 0. The highest BCUT2D eigenvalue weighted by Gasteiger charge is 2.00. The minimum absolute atomic E-state index is 0.712. The second-order valence-electron chi connectivity index (χ2n) is 4.48. The van der Waals surface area contributed by atoms with E-state index >= 15 is 0 Å². The van der Waals surface area contributed by atoms with Gasteiger partial charge in [-0.15, -0.1) is 11.3 Å². The second kappa shape index (κ2) is 5.70. The SMILES string of the molecule is CC(C)Cc1ccc(C#Cc2ccccc2)s1. The molecule has 1 aromatic heterocycles. The monoisotopic (exact) mass is 240 g/mol. The van der Waals surface area contributed by atoms with Crippen molar-refractivity contribution in [3.8, 4) is 11.8 Å². The molecule has 0 aliphatic carbocycles. The van der Waals surface area contributed by atoms with Crippen LogP contribution in [0.2, 0.25) is 0 Å². The number of rotatable bonds is 2. The Morgan fingerprint density at radius 2 is 1.76 bits per heavy atom. The molecule has 1 aromatic carbocycles. The molecule has 0 spiro atoms. The van der Waals surface area contributed by atoms with E-state index in [1.54, 1.807) is 11.3 Å². The lowest BCUT2D eigenvalue weighted by Gasteiger charge is -1.98. The van der Waals surface area contributed by atoms with Gasteiger partial charge in [-0.2, -0.15) is 0 Å². The molecule has 2 aromatic rings. The van der Waals surface area contributed by atoms with Gasteiger partial charge in [0.25, 0.3) is 0 Å². The first kappa shape index (κ1) is 12.0. The predicted octanol–water partition coefficient (Wildman–Crippen LogP) is 4.35. The average Bonchev–Trinajstić information content (AvgIpc) is 2.75. The molecule has 0 amide bonds. The maximum absolute atomic E-state index is 3.22. The van der Waals surface area contributed by atoms with Crippen LogP contribution in [0.15, 0.2) is 42.5 Å². The molecular weight excluding hydrogens is 224 g/mol. The summed E-state index contributed by atoms with van der Waals surface area (Å²) in [7, 11) is 0. The van der Waals surface area contributed by atoms with Crippen molar-refractivity contribution in [2.75, 3.05) is 0 Å². The summed E-state index contributed by atoms with van der Waals surface area (Å²) in [4.78, 5) is 2.59. The van der Waals surface area contributed by atoms with Crippen LogP contribution in [0.4, 0.5) is 0 Å². The quantitative estimate of drug-likeness (QED) is 0.685. The number of hydrogen-bond acceptors (Lipinski definition) is 1. The van der Waals surface area contributed by atoms with Crippen LogP contribution in [0.1, 0.15) is 29.2 Å². The third-order valence-corrected chi connectivity index (χ3v) is 3.40. The molecule has 86 valence electrons. The molecular formula is C16H16S. The maximum Gasteiger partial charge on any atom is 0.0775 e. The summed E-state index contributed by atoms with van der Waals surface area (Å²) in [6.45, 7) is 4.49. The first-order chi connectivity index (χ1) is 8.24. The van der Waals surface area contributed by atoms with Crippen LogP contribution in [-0.2, 0) is 6.42 Å². The molecule has 0 fully saturated rings. The third kappa shape index (κ3) is 3.76. The molecule has 0 atom stereocenters. The standard InChI is InChI=1S/C16H16S/c1-13(2)12-16-11-10-15(17-16)9-8-14-6-4-3-5-7-14/h3-7,10-11,13H,12H2,1-2H3. The van der Waals surface area contributed by atoms with Crippen LogP contribution < -0.4 is 0 Å². The van der Waals surface area contributed by atoms with E-state index in [0.717, 1.165) is 16.9 Å². The zero-order valence-corrected chi connectivity index (χ0v) is 11.1. The minimum atomic E-state index is 0.712. The molecule has 17 heavy (non-hydrogen) atoms. The zero-order valence-electron chi connectivity index (χ0n) is 10.2. The molecule has 1 heterocycles. The fourth-order valence-electron chi connectivity index (χ4n) is 1.61. The average molecular weight is 240 g/mol. The van der Waals surface area contributed by atoms with Crippen LogP contribution in [0, 0.1) is 17.8 Å². The molecule has 0 bridgehead atoms. The highest BCUT2D eigenvalue weighted by atomic mass is 32.1. The van der Waals surface area contributed by atoms with Crippen LogP contribution in [-0.4, -0.2) is 0 Å². The van der Waals surface area contributed by atoms with E-state index in [0.29, 0.717) is 5.92 Å². The Morgan fingerprint density at radius 1 is 1.00 bits per heavy atom. The highest BCUT2D eigenvalue weighted by Crippen LogP contribution is 2.18. The molecule has 0 nitrogen and oxygen atoms in total. The van der Waals surface area contributed by atoms with Gasteiger partial charge >= 0.3 is 0 Å². The van der Waals surface area contributed by atoms with E-state index in [1.807, 2.05) is 30.3 Å². The van der Waals surface area contributed by atoms with Crippen molar-refractivity contribution in [3.63, 3.8) is 0 Å². The summed E-state index contributed by atoms with van der Waals surface area (Å²) in [5.41, 5.74) is 1.08. The smallest absolute Gasteiger partial charge is 0.0775 e. The zero-order chi connectivity index (χ0) is 12.1. The molecule has 0 saturated heterocycles. The summed E-state index contributed by atoms with van der Waals surface area (Å²) in [5.74, 6) is 7.12. The molecule has 0 saturated carbocycles. The van der Waals surface area contributed by atoms with Gasteiger partial charge in [-0.3, -0.25) is 0 Å². The molecule has 0 radical (unpaired) electrons. The van der Waals surface area contributed by atoms with Gasteiger partial charge in [0.1, 0.15) is 0 Å². The Kier molecular flexibility index (Phi) is 4.01. The normalized spacial score (nSPS) is 10.1. The second-order valence-corrected chi connectivity index (χ2v) is 5.65. The Labute approximate surface area is 107 Å². The van der Waals surface area contributed by atoms with Gasteiger partial charge in [0.15, 0.2) is 0 Å². The first-order valence-electron chi connectivity index (χ1n) is 5.90. The summed E-state index contributed by atoms with van der Waals surface area (Å²) in [5, 5.41) is 0. The fourth-order valence-corrected chi connectivity index (χ4v) is 2.69. The highest BCUT2D eigenvalue weighted by molar-refractivity contribution is 7.12. The molecule has 0 N–H and O–H groups in total. The summed E-state index contributed by atoms with van der Waals surface area (Å²) in [6.07, 6.45) is 1.15. The van der Waals surface area contributed by atoms with E-state index in [9.17, 15) is 0 Å².